The van der Waals surface area contributed by atoms with Crippen LogP contribution in [0.1, 0.15) is 113 Å². The fourth-order valence-corrected chi connectivity index (χ4v) is 15.4. The predicted molar refractivity (Wildman–Crippen MR) is 330 cm³/mol. The molecule has 0 amide bonds. The second kappa shape index (κ2) is 29.5. The van der Waals surface area contributed by atoms with Crippen molar-refractivity contribution in [3.63, 3.8) is 0 Å². The first-order chi connectivity index (χ1) is 43.6. The number of nitriles is 1. The molecular formula is C69H72Ac2AgN6O16. The van der Waals surface area contributed by atoms with Gasteiger partial charge in [0.25, 0.3) is 5.09 Å². The molecule has 6 aromatic rings. The molecule has 6 N–H and O–H groups in total. The number of fused-ring (bicyclic) bond motifs is 18. The Balaban J connectivity index is 0.000000203. The molecule has 0 aliphatic carbocycles. The summed E-state index contributed by atoms with van der Waals surface area (Å²) in [6.45, 7) is 11.3. The van der Waals surface area contributed by atoms with Gasteiger partial charge in [0.1, 0.15) is 48.5 Å². The van der Waals surface area contributed by atoms with E-state index in [9.17, 15) is 40.4 Å². The average Bonchev–Trinajstić information content (AvgIpc) is 0.969. The van der Waals surface area contributed by atoms with Gasteiger partial charge in [-0.15, -0.1) is 10.1 Å². The summed E-state index contributed by atoms with van der Waals surface area (Å²) in [7, 11) is 4.00. The van der Waals surface area contributed by atoms with Crippen molar-refractivity contribution in [2.24, 2.45) is 0 Å². The van der Waals surface area contributed by atoms with Gasteiger partial charge in [0, 0.05) is 185 Å². The average molecular weight is 1800 g/mol. The van der Waals surface area contributed by atoms with Crippen LogP contribution in [-0.2, 0) is 67.1 Å². The van der Waals surface area contributed by atoms with E-state index < -0.39 is 41.4 Å². The monoisotopic (exact) mass is 1800 g/mol. The SMILES string of the molecule is Cc1cc2c(c(O)c1C)[C@@H]1C3Cc4c(O)c(C)c5c(c4[C@H](COC(=O)/C=C/c4ccccc4)N3[C@@H](C#N)[C@H](C2)N1C)OCO5.Cc1cc2c(c(O)c1C)[C@@H]1C3Cc4c(O)c(C)c5c(c4[C@H](COC(=O)/C=C/c4ccccc4)N3[C@@H](O)[C@H](C2)N1C)OCO5.O=[N+]([O-])O.[Ac].[Ac].[Ag]. The van der Waals surface area contributed by atoms with Crippen LogP contribution < -0.4 is 18.9 Å². The van der Waals surface area contributed by atoms with Crippen LogP contribution in [0.25, 0.3) is 12.2 Å². The van der Waals surface area contributed by atoms with Gasteiger partial charge in [-0.3, -0.25) is 19.6 Å². The fourth-order valence-electron chi connectivity index (χ4n) is 15.4. The quantitative estimate of drug-likeness (QED) is 0.0273. The van der Waals surface area contributed by atoms with Gasteiger partial charge in [-0.05, 0) is 138 Å². The topological polar surface area (TPSA) is 291 Å². The zero-order chi connectivity index (χ0) is 64.6. The Morgan fingerprint density at radius 3 is 1.40 bits per heavy atom. The van der Waals surface area contributed by atoms with E-state index in [1.54, 1.807) is 26.0 Å². The number of aryl methyl sites for hydroxylation is 2. The summed E-state index contributed by atoms with van der Waals surface area (Å²) in [4.78, 5) is 42.8. The van der Waals surface area contributed by atoms with Crippen LogP contribution in [0.4, 0.5) is 0 Å². The van der Waals surface area contributed by atoms with Crippen molar-refractivity contribution in [1.82, 2.24) is 19.6 Å². The van der Waals surface area contributed by atoms with Gasteiger partial charge >= 0.3 is 11.9 Å². The van der Waals surface area contributed by atoms with E-state index in [4.69, 9.17) is 43.7 Å². The molecule has 10 atom stereocenters. The Bertz CT molecular complexity index is 4040. The van der Waals surface area contributed by atoms with Crippen LogP contribution in [0, 0.1) is 151 Å². The van der Waals surface area contributed by atoms with Crippen LogP contribution in [0.2, 0.25) is 0 Å². The summed E-state index contributed by atoms with van der Waals surface area (Å²) in [5, 5.41) is 82.4. The molecule has 3 radical (unpaired) electrons. The van der Waals surface area contributed by atoms with Crippen molar-refractivity contribution in [2.75, 3.05) is 40.9 Å². The number of aliphatic hydroxyl groups excluding tert-OH is 1. The smallest absolute Gasteiger partial charge is 0.330 e. The van der Waals surface area contributed by atoms with E-state index in [0.29, 0.717) is 82.1 Å². The molecule has 8 heterocycles. The molecule has 94 heavy (non-hydrogen) atoms. The normalized spacial score (nSPS) is 23.8. The van der Waals surface area contributed by atoms with Crippen LogP contribution in [0.15, 0.2) is 84.9 Å². The molecule has 0 spiro atoms. The Morgan fingerprint density at radius 1 is 0.596 bits per heavy atom. The van der Waals surface area contributed by atoms with E-state index in [0.717, 1.165) is 55.6 Å². The number of phenolic OH excluding ortho intramolecular Hbond substituents is 4. The summed E-state index contributed by atoms with van der Waals surface area (Å²) in [5.74, 6) is 1.70. The number of carbonyl (C=O) groups is 2. The third-order valence-electron chi connectivity index (χ3n) is 19.9. The summed E-state index contributed by atoms with van der Waals surface area (Å²) in [6.07, 6.45) is 7.21. The molecule has 6 aromatic carbocycles. The molecule has 2 unspecified atom stereocenters. The van der Waals surface area contributed by atoms with Crippen molar-refractivity contribution in [1.29, 1.82) is 5.26 Å². The Hall–Kier alpha value is -5.75. The Morgan fingerprint density at radius 2 is 0.979 bits per heavy atom. The van der Waals surface area contributed by atoms with Crippen LogP contribution in [-0.4, -0.2) is 145 Å². The third-order valence-corrected chi connectivity index (χ3v) is 19.9. The van der Waals surface area contributed by atoms with Gasteiger partial charge in [0.05, 0.1) is 36.3 Å². The number of benzene rings is 6. The maximum absolute atomic E-state index is 13.0. The summed E-state index contributed by atoms with van der Waals surface area (Å²) in [6, 6.07) is 22.4. The molecule has 22 nitrogen and oxygen atoms in total. The number of ether oxygens (including phenoxy) is 6. The van der Waals surface area contributed by atoms with Crippen molar-refractivity contribution < 1.29 is 184 Å². The fraction of sp³-hybridized carbons (Fsp3) is 0.377. The maximum atomic E-state index is 13.0. The first-order valence-electron chi connectivity index (χ1n) is 30.2. The Kier molecular flexibility index (Phi) is 22.8. The molecule has 2 saturated heterocycles. The number of piperazine rings is 2. The molecule has 0 aromatic heterocycles. The number of rotatable bonds is 8. The summed E-state index contributed by atoms with van der Waals surface area (Å²) in [5.41, 5.74) is 13.1. The number of hydrogen-bond acceptors (Lipinski definition) is 20. The van der Waals surface area contributed by atoms with Gasteiger partial charge < -0.3 is 59.2 Å². The van der Waals surface area contributed by atoms with E-state index in [1.807, 2.05) is 107 Å². The number of aliphatic hydroxyl groups is 1. The van der Waals surface area contributed by atoms with Crippen molar-refractivity contribution in [2.45, 2.75) is 128 Å². The van der Waals surface area contributed by atoms with Gasteiger partial charge in [0.15, 0.2) is 23.0 Å². The number of aromatic hydroxyl groups is 4. The van der Waals surface area contributed by atoms with Crippen molar-refractivity contribution in [3.8, 4) is 52.1 Å². The minimum Gasteiger partial charge on any atom is -0.507 e. The predicted octanol–water partition coefficient (Wildman–Crippen LogP) is 8.64. The molecule has 0 saturated carbocycles. The van der Waals surface area contributed by atoms with Gasteiger partial charge in [-0.2, -0.15) is 5.26 Å². The number of carbonyl (C=O) groups excluding carboxylic acids is 2. The summed E-state index contributed by atoms with van der Waals surface area (Å²) >= 11 is 0. The molecule has 8 aliphatic heterocycles. The van der Waals surface area contributed by atoms with Crippen molar-refractivity contribution in [3.05, 3.63) is 184 Å². The van der Waals surface area contributed by atoms with Crippen LogP contribution in [0.5, 0.6) is 46.0 Å². The van der Waals surface area contributed by atoms with Gasteiger partial charge in [-0.1, -0.05) is 72.8 Å². The second-order valence-corrected chi connectivity index (χ2v) is 24.5. The van der Waals surface area contributed by atoms with Crippen molar-refractivity contribution >= 4 is 24.1 Å². The van der Waals surface area contributed by atoms with Gasteiger partial charge in [-0.25, -0.2) is 9.59 Å². The van der Waals surface area contributed by atoms with E-state index in [-0.39, 0.29) is 197 Å². The second-order valence-electron chi connectivity index (χ2n) is 24.5. The standard InChI is InChI=1S/C35H35N3O6.C34H36N2O7.2Ac.Ag.HNO3/c1-18-12-22-13-24-26(15-36)38-25(31(37(24)4)29(22)33(41)19(18)2)14-23-30(35-34(43-17-44-35)20(3)32(23)40)27(38)16-42-28(39)11-10-21-8-6-5-7-9-21;1-17-12-21-13-24-34(40)36-23(29(35(24)4)27(21)31(39)18(17)2)14-22-28(33-32(42-16-43-33)19(3)30(22)38)25(36)15-41-26(37)11-10-20-8-6-5-7-9-20;;;;2-1(3)4/h5-12,24-27,31,40-41H,13-14,16-17H2,1-4H3;5-12,23-25,29,34,38-40H,13-16H2,1-4H3;;;;(H,2,3,4)/b2*11-10+;;;;/t24-,25?,26-,27-,31-;23?,24-,25-,29-,34-;;;;/m00..../s1. The van der Waals surface area contributed by atoms with E-state index >= 15 is 0 Å². The Labute approximate surface area is 631 Å². The summed E-state index contributed by atoms with van der Waals surface area (Å²) < 4.78 is 35.2. The number of likely N-dealkylation sites (N-methyl/N-ethyl adjacent to an activating group) is 2. The molecular weight excluding hydrogens is 1730 g/mol. The van der Waals surface area contributed by atoms with Gasteiger partial charge in [0.2, 0.25) is 13.6 Å². The van der Waals surface area contributed by atoms with Crippen LogP contribution >= 0.6 is 0 Å². The van der Waals surface area contributed by atoms with E-state index in [1.165, 1.54) is 12.2 Å². The maximum Gasteiger partial charge on any atom is 0.330 e. The third kappa shape index (κ3) is 12.9. The molecule has 25 heteroatoms. The minimum atomic E-state index is -1.50. The number of hydrogen-bond donors (Lipinski definition) is 6. The molecule has 8 aliphatic rings. The molecule has 4 bridgehead atoms. The first kappa shape index (κ1) is 72.5. The largest absolute Gasteiger partial charge is 0.507 e. The minimum absolute atomic E-state index is 0. The number of phenols is 4. The number of nitrogens with zero attached hydrogens (tertiary/aromatic N) is 6. The zero-order valence-electron chi connectivity index (χ0n) is 53.1. The number of esters is 2. The zero-order valence-corrected chi connectivity index (χ0v) is 64.0. The first-order valence-corrected chi connectivity index (χ1v) is 30.2. The van der Waals surface area contributed by atoms with E-state index in [2.05, 4.69) is 32.9 Å². The molecule has 2 fully saturated rings. The molecule has 491 valence electrons. The molecule has 14 rings (SSSR count). The van der Waals surface area contributed by atoms with Crippen LogP contribution in [0.3, 0.4) is 0 Å².